The lowest BCUT2D eigenvalue weighted by molar-refractivity contribution is 1.07. The van der Waals surface area contributed by atoms with E-state index >= 15 is 0 Å². The van der Waals surface area contributed by atoms with Crippen LogP contribution in [0.25, 0.3) is 10.8 Å². The number of benzene rings is 2. The lowest BCUT2D eigenvalue weighted by Crippen LogP contribution is -1.97. The van der Waals surface area contributed by atoms with Gasteiger partial charge in [0, 0.05) is 23.8 Å². The third kappa shape index (κ3) is 3.85. The van der Waals surface area contributed by atoms with Crippen LogP contribution in [0.15, 0.2) is 60.8 Å². The fourth-order valence-electron chi connectivity index (χ4n) is 2.08. The van der Waals surface area contributed by atoms with E-state index in [1.807, 2.05) is 48.7 Å². The Labute approximate surface area is 136 Å². The van der Waals surface area contributed by atoms with Gasteiger partial charge in [0.2, 0.25) is 0 Å². The Kier molecular flexibility index (Phi) is 6.43. The van der Waals surface area contributed by atoms with E-state index in [0.29, 0.717) is 6.54 Å². The SMILES string of the molecule is Cl.Cl.NCc1ccc(Nc2nccc3ccccc23)cc1. The Morgan fingerprint density at radius 3 is 2.33 bits per heavy atom. The zero-order valence-corrected chi connectivity index (χ0v) is 13.0. The summed E-state index contributed by atoms with van der Waals surface area (Å²) in [6.07, 6.45) is 1.82. The van der Waals surface area contributed by atoms with Gasteiger partial charge in [-0.05, 0) is 29.1 Å². The number of aromatic nitrogens is 1. The van der Waals surface area contributed by atoms with Gasteiger partial charge >= 0.3 is 0 Å². The molecule has 0 aliphatic rings. The first-order chi connectivity index (χ1) is 9.36. The number of halogens is 2. The van der Waals surface area contributed by atoms with Gasteiger partial charge < -0.3 is 11.1 Å². The largest absolute Gasteiger partial charge is 0.340 e. The summed E-state index contributed by atoms with van der Waals surface area (Å²) in [5, 5.41) is 5.64. The van der Waals surface area contributed by atoms with E-state index in [4.69, 9.17) is 5.73 Å². The molecule has 3 N–H and O–H groups in total. The molecule has 0 radical (unpaired) electrons. The molecule has 1 heterocycles. The molecule has 0 spiro atoms. The molecule has 5 heteroatoms. The molecule has 0 atom stereocenters. The Morgan fingerprint density at radius 1 is 0.905 bits per heavy atom. The van der Waals surface area contributed by atoms with Crippen LogP contribution < -0.4 is 11.1 Å². The van der Waals surface area contributed by atoms with Gasteiger partial charge in [0.05, 0.1) is 0 Å². The van der Waals surface area contributed by atoms with Crippen molar-refractivity contribution < 1.29 is 0 Å². The number of fused-ring (bicyclic) bond motifs is 1. The van der Waals surface area contributed by atoms with Crippen molar-refractivity contribution in [2.45, 2.75) is 6.54 Å². The van der Waals surface area contributed by atoms with Crippen molar-refractivity contribution in [3.8, 4) is 0 Å². The van der Waals surface area contributed by atoms with Gasteiger partial charge in [-0.15, -0.1) is 24.8 Å². The molecular weight excluding hydrogens is 305 g/mol. The molecular formula is C16H17Cl2N3. The summed E-state index contributed by atoms with van der Waals surface area (Å²) in [6, 6.07) is 18.3. The van der Waals surface area contributed by atoms with Crippen molar-refractivity contribution >= 4 is 47.1 Å². The Balaban J connectivity index is 0.00000110. The molecule has 0 saturated carbocycles. The van der Waals surface area contributed by atoms with E-state index < -0.39 is 0 Å². The van der Waals surface area contributed by atoms with Crippen LogP contribution in [0.4, 0.5) is 11.5 Å². The predicted octanol–water partition coefficient (Wildman–Crippen LogP) is 4.28. The van der Waals surface area contributed by atoms with Crippen LogP contribution in [0.5, 0.6) is 0 Å². The maximum absolute atomic E-state index is 5.59. The smallest absolute Gasteiger partial charge is 0.138 e. The van der Waals surface area contributed by atoms with Gasteiger partial charge in [-0.3, -0.25) is 0 Å². The average molecular weight is 322 g/mol. The van der Waals surface area contributed by atoms with Gasteiger partial charge in [-0.25, -0.2) is 4.98 Å². The van der Waals surface area contributed by atoms with E-state index in [1.165, 1.54) is 5.39 Å². The van der Waals surface area contributed by atoms with Crippen molar-refractivity contribution in [3.63, 3.8) is 0 Å². The summed E-state index contributed by atoms with van der Waals surface area (Å²) in [7, 11) is 0. The fraction of sp³-hybridized carbons (Fsp3) is 0.0625. The van der Waals surface area contributed by atoms with E-state index in [2.05, 4.69) is 22.4 Å². The normalized spacial score (nSPS) is 9.57. The van der Waals surface area contributed by atoms with Gasteiger partial charge in [0.25, 0.3) is 0 Å². The van der Waals surface area contributed by atoms with Crippen LogP contribution in [0.3, 0.4) is 0 Å². The fourth-order valence-corrected chi connectivity index (χ4v) is 2.08. The highest BCUT2D eigenvalue weighted by Crippen LogP contribution is 2.23. The van der Waals surface area contributed by atoms with E-state index in [-0.39, 0.29) is 24.8 Å². The maximum atomic E-state index is 5.59. The van der Waals surface area contributed by atoms with Gasteiger partial charge in [0.1, 0.15) is 5.82 Å². The van der Waals surface area contributed by atoms with Crippen molar-refractivity contribution in [3.05, 3.63) is 66.4 Å². The molecule has 0 amide bonds. The second-order valence-electron chi connectivity index (χ2n) is 4.41. The van der Waals surface area contributed by atoms with Crippen LogP contribution in [-0.2, 0) is 6.54 Å². The van der Waals surface area contributed by atoms with Gasteiger partial charge in [-0.2, -0.15) is 0 Å². The minimum Gasteiger partial charge on any atom is -0.340 e. The molecule has 0 fully saturated rings. The van der Waals surface area contributed by atoms with E-state index in [0.717, 1.165) is 22.5 Å². The van der Waals surface area contributed by atoms with Crippen molar-refractivity contribution in [2.75, 3.05) is 5.32 Å². The highest BCUT2D eigenvalue weighted by Gasteiger charge is 2.02. The Morgan fingerprint density at radius 2 is 1.62 bits per heavy atom. The number of rotatable bonds is 3. The molecule has 2 aromatic carbocycles. The number of anilines is 2. The summed E-state index contributed by atoms with van der Waals surface area (Å²) in [5.74, 6) is 0.874. The second kappa shape index (κ2) is 7.84. The van der Waals surface area contributed by atoms with Crippen molar-refractivity contribution in [2.24, 2.45) is 5.73 Å². The molecule has 0 aliphatic carbocycles. The first kappa shape index (κ1) is 17.2. The zero-order chi connectivity index (χ0) is 13.1. The molecule has 0 bridgehead atoms. The summed E-state index contributed by atoms with van der Waals surface area (Å²) in [6.45, 7) is 0.562. The molecule has 110 valence electrons. The van der Waals surface area contributed by atoms with E-state index in [9.17, 15) is 0 Å². The van der Waals surface area contributed by atoms with Crippen LogP contribution in [0.1, 0.15) is 5.56 Å². The van der Waals surface area contributed by atoms with Gasteiger partial charge in [0.15, 0.2) is 0 Å². The van der Waals surface area contributed by atoms with Crippen LogP contribution in [-0.4, -0.2) is 4.98 Å². The minimum atomic E-state index is 0. The number of nitrogens with zero attached hydrogens (tertiary/aromatic N) is 1. The number of hydrogen-bond acceptors (Lipinski definition) is 3. The van der Waals surface area contributed by atoms with E-state index in [1.54, 1.807) is 0 Å². The lowest BCUT2D eigenvalue weighted by atomic mass is 10.1. The summed E-state index contributed by atoms with van der Waals surface area (Å²) >= 11 is 0. The topological polar surface area (TPSA) is 50.9 Å². The summed E-state index contributed by atoms with van der Waals surface area (Å²) in [5.41, 5.74) is 7.73. The first-order valence-corrected chi connectivity index (χ1v) is 6.26. The molecule has 0 aliphatic heterocycles. The minimum absolute atomic E-state index is 0. The third-order valence-electron chi connectivity index (χ3n) is 3.13. The molecule has 0 saturated heterocycles. The summed E-state index contributed by atoms with van der Waals surface area (Å²) in [4.78, 5) is 4.41. The highest BCUT2D eigenvalue weighted by molar-refractivity contribution is 5.93. The quantitative estimate of drug-likeness (QED) is 0.757. The monoisotopic (exact) mass is 321 g/mol. The average Bonchev–Trinajstić information content (AvgIpc) is 2.48. The molecule has 3 nitrogen and oxygen atoms in total. The van der Waals surface area contributed by atoms with Gasteiger partial charge in [-0.1, -0.05) is 36.4 Å². The molecule has 0 unspecified atom stereocenters. The molecule has 1 aromatic heterocycles. The maximum Gasteiger partial charge on any atom is 0.138 e. The Bertz CT molecular complexity index is 694. The zero-order valence-electron chi connectivity index (χ0n) is 11.3. The van der Waals surface area contributed by atoms with Crippen LogP contribution >= 0.6 is 24.8 Å². The standard InChI is InChI=1S/C16H15N3.2ClH/c17-11-12-5-7-14(8-6-12)19-16-15-4-2-1-3-13(15)9-10-18-16;;/h1-10H,11,17H2,(H,18,19);2*1H. The molecule has 21 heavy (non-hydrogen) atoms. The molecule has 3 rings (SSSR count). The number of pyridine rings is 1. The first-order valence-electron chi connectivity index (χ1n) is 6.26. The van der Waals surface area contributed by atoms with Crippen molar-refractivity contribution in [1.82, 2.24) is 4.98 Å². The number of nitrogens with one attached hydrogen (secondary N) is 1. The Hall–Kier alpha value is -1.81. The van der Waals surface area contributed by atoms with Crippen LogP contribution in [0, 0.1) is 0 Å². The van der Waals surface area contributed by atoms with Crippen LogP contribution in [0.2, 0.25) is 0 Å². The van der Waals surface area contributed by atoms with Crippen molar-refractivity contribution in [1.29, 1.82) is 0 Å². The molecule has 3 aromatic rings. The second-order valence-corrected chi connectivity index (χ2v) is 4.41. The predicted molar refractivity (Wildman–Crippen MR) is 93.9 cm³/mol. The lowest BCUT2D eigenvalue weighted by Gasteiger charge is -2.09. The third-order valence-corrected chi connectivity index (χ3v) is 3.13. The summed E-state index contributed by atoms with van der Waals surface area (Å²) < 4.78 is 0. The highest BCUT2D eigenvalue weighted by atomic mass is 35.5. The number of hydrogen-bond donors (Lipinski definition) is 2. The number of nitrogens with two attached hydrogens (primary N) is 1.